The van der Waals surface area contributed by atoms with Gasteiger partial charge in [0, 0.05) is 32.7 Å². The Bertz CT molecular complexity index is 245. The van der Waals surface area contributed by atoms with Gasteiger partial charge in [-0.1, -0.05) is 18.4 Å². The van der Waals surface area contributed by atoms with Crippen molar-refractivity contribution in [1.29, 1.82) is 0 Å². The van der Waals surface area contributed by atoms with Crippen molar-refractivity contribution in [3.05, 3.63) is 35.4 Å². The molecule has 1 aromatic carbocycles. The molecule has 10 heavy (non-hydrogen) atoms. The summed E-state index contributed by atoms with van der Waals surface area (Å²) in [6.45, 7) is 1.98. The fourth-order valence-corrected chi connectivity index (χ4v) is 0.676. The van der Waals surface area contributed by atoms with Crippen LogP contribution in [-0.2, 0) is 32.7 Å². The standard InChI is InChI=1S/C9H7.Y/c1-3-9-7-5-4-6-8(9)2;/h1,5-7H,2H3;/q-1;. The molecule has 1 rings (SSSR count). The summed E-state index contributed by atoms with van der Waals surface area (Å²) in [4.78, 5) is 0. The Balaban J connectivity index is 0.000000810. The SMILES string of the molecule is C#Cc1cc[c-]cc1C.[Y]. The molecule has 0 nitrogen and oxygen atoms in total. The van der Waals surface area contributed by atoms with E-state index in [2.05, 4.69) is 12.0 Å². The molecule has 1 heteroatoms. The van der Waals surface area contributed by atoms with E-state index in [-0.39, 0.29) is 32.7 Å². The predicted octanol–water partition coefficient (Wildman–Crippen LogP) is 1.77. The average molecular weight is 204 g/mol. The summed E-state index contributed by atoms with van der Waals surface area (Å²) < 4.78 is 0. The summed E-state index contributed by atoms with van der Waals surface area (Å²) in [5, 5.41) is 0. The molecule has 0 bridgehead atoms. The first-order valence-electron chi connectivity index (χ1n) is 2.78. The molecule has 0 heterocycles. The molecule has 1 aromatic rings. The number of benzene rings is 1. The number of hydrogen-bond donors (Lipinski definition) is 0. The van der Waals surface area contributed by atoms with E-state index < -0.39 is 0 Å². The minimum Gasteiger partial charge on any atom is -0.183 e. The van der Waals surface area contributed by atoms with E-state index in [4.69, 9.17) is 6.42 Å². The molecule has 0 N–H and O–H groups in total. The quantitative estimate of drug-likeness (QED) is 0.446. The minimum absolute atomic E-state index is 0. The van der Waals surface area contributed by atoms with Crippen molar-refractivity contribution in [1.82, 2.24) is 0 Å². The second-order valence-electron chi connectivity index (χ2n) is 1.89. The maximum atomic E-state index is 5.19. The van der Waals surface area contributed by atoms with E-state index in [0.29, 0.717) is 0 Å². The average Bonchev–Trinajstić information content (AvgIpc) is 1.89. The maximum absolute atomic E-state index is 5.19. The van der Waals surface area contributed by atoms with Crippen LogP contribution in [0.25, 0.3) is 0 Å². The van der Waals surface area contributed by atoms with Crippen molar-refractivity contribution in [3.8, 4) is 12.3 Å². The van der Waals surface area contributed by atoms with E-state index in [0.717, 1.165) is 11.1 Å². The molecule has 0 amide bonds. The van der Waals surface area contributed by atoms with Crippen molar-refractivity contribution in [2.75, 3.05) is 0 Å². The van der Waals surface area contributed by atoms with Gasteiger partial charge >= 0.3 is 0 Å². The van der Waals surface area contributed by atoms with E-state index in [9.17, 15) is 0 Å². The van der Waals surface area contributed by atoms with Crippen LogP contribution in [-0.4, -0.2) is 0 Å². The van der Waals surface area contributed by atoms with E-state index in [1.807, 2.05) is 25.1 Å². The van der Waals surface area contributed by atoms with Crippen molar-refractivity contribution in [2.45, 2.75) is 6.92 Å². The van der Waals surface area contributed by atoms with Gasteiger partial charge in [0.25, 0.3) is 0 Å². The van der Waals surface area contributed by atoms with Gasteiger partial charge in [-0.05, 0) is 0 Å². The first kappa shape index (κ1) is 9.88. The Morgan fingerprint density at radius 2 is 2.30 bits per heavy atom. The largest absolute Gasteiger partial charge is 0.183 e. The number of hydrogen-bond acceptors (Lipinski definition) is 0. The van der Waals surface area contributed by atoms with Crippen LogP contribution >= 0.6 is 0 Å². The van der Waals surface area contributed by atoms with Gasteiger partial charge in [0.15, 0.2) is 0 Å². The second kappa shape index (κ2) is 4.66. The first-order valence-corrected chi connectivity index (χ1v) is 2.78. The fraction of sp³-hybridized carbons (Fsp3) is 0.111. The molecule has 0 unspecified atom stereocenters. The molecule has 0 aromatic heterocycles. The third kappa shape index (κ3) is 2.25. The van der Waals surface area contributed by atoms with Crippen LogP contribution in [0.15, 0.2) is 18.2 Å². The van der Waals surface area contributed by atoms with Gasteiger partial charge in [-0.2, -0.15) is 24.3 Å². The molecule has 0 aliphatic heterocycles. The van der Waals surface area contributed by atoms with Crippen LogP contribution in [0.2, 0.25) is 0 Å². The molecule has 0 spiro atoms. The molecule has 47 valence electrons. The van der Waals surface area contributed by atoms with Gasteiger partial charge < -0.3 is 0 Å². The van der Waals surface area contributed by atoms with Gasteiger partial charge in [0.05, 0.1) is 0 Å². The first-order chi connectivity index (χ1) is 4.34. The predicted molar refractivity (Wildman–Crippen MR) is 38.0 cm³/mol. The summed E-state index contributed by atoms with van der Waals surface area (Å²) in [5.74, 6) is 2.58. The molecule has 0 aliphatic rings. The topological polar surface area (TPSA) is 0 Å². The van der Waals surface area contributed by atoms with Crippen LogP contribution < -0.4 is 0 Å². The maximum Gasteiger partial charge on any atom is 0 e. The molecule has 0 aliphatic carbocycles. The monoisotopic (exact) mass is 204 g/mol. The normalized spacial score (nSPS) is 7.60. The van der Waals surface area contributed by atoms with Gasteiger partial charge in [0.1, 0.15) is 0 Å². The zero-order valence-electron chi connectivity index (χ0n) is 5.89. The zero-order chi connectivity index (χ0) is 6.69. The summed E-state index contributed by atoms with van der Waals surface area (Å²) >= 11 is 0. The molecular formula is C9H7Y-. The van der Waals surface area contributed by atoms with Crippen molar-refractivity contribution in [2.24, 2.45) is 0 Å². The number of aryl methyl sites for hydroxylation is 1. The van der Waals surface area contributed by atoms with Crippen LogP contribution in [0, 0.1) is 25.3 Å². The summed E-state index contributed by atoms with van der Waals surface area (Å²) in [5.41, 5.74) is 2.06. The Morgan fingerprint density at radius 1 is 1.60 bits per heavy atom. The van der Waals surface area contributed by atoms with E-state index >= 15 is 0 Å². The molecule has 1 radical (unpaired) electrons. The van der Waals surface area contributed by atoms with Gasteiger partial charge in [0.2, 0.25) is 0 Å². The van der Waals surface area contributed by atoms with Crippen molar-refractivity contribution < 1.29 is 32.7 Å². The molecular weight excluding hydrogens is 197 g/mol. The summed E-state index contributed by atoms with van der Waals surface area (Å²) in [7, 11) is 0. The summed E-state index contributed by atoms with van der Waals surface area (Å²) in [6.07, 6.45) is 5.19. The van der Waals surface area contributed by atoms with E-state index in [1.54, 1.807) is 0 Å². The van der Waals surface area contributed by atoms with Gasteiger partial charge in [-0.3, -0.25) is 0 Å². The molecule has 0 saturated carbocycles. The smallest absolute Gasteiger partial charge is 0 e. The van der Waals surface area contributed by atoms with Crippen LogP contribution in [0.4, 0.5) is 0 Å². The minimum atomic E-state index is 0. The Morgan fingerprint density at radius 3 is 2.70 bits per heavy atom. The Kier molecular flexibility index (Phi) is 4.61. The van der Waals surface area contributed by atoms with E-state index in [1.165, 1.54) is 0 Å². The Labute approximate surface area is 86.9 Å². The molecule has 0 atom stereocenters. The number of rotatable bonds is 0. The zero-order valence-corrected chi connectivity index (χ0v) is 8.73. The van der Waals surface area contributed by atoms with Crippen LogP contribution in [0.3, 0.4) is 0 Å². The van der Waals surface area contributed by atoms with Gasteiger partial charge in [-0.15, -0.1) is 12.0 Å². The van der Waals surface area contributed by atoms with Gasteiger partial charge in [-0.25, -0.2) is 0 Å². The second-order valence-corrected chi connectivity index (χ2v) is 1.89. The third-order valence-corrected chi connectivity index (χ3v) is 1.23. The molecule has 0 fully saturated rings. The van der Waals surface area contributed by atoms with Crippen LogP contribution in [0.5, 0.6) is 0 Å². The van der Waals surface area contributed by atoms with Crippen molar-refractivity contribution in [3.63, 3.8) is 0 Å². The number of terminal acetylenes is 1. The third-order valence-electron chi connectivity index (χ3n) is 1.23. The summed E-state index contributed by atoms with van der Waals surface area (Å²) in [6, 6.07) is 8.53. The Hall–Kier alpha value is -0.116. The van der Waals surface area contributed by atoms with Crippen LogP contribution in [0.1, 0.15) is 11.1 Å². The molecule has 0 saturated heterocycles. The van der Waals surface area contributed by atoms with Crippen molar-refractivity contribution >= 4 is 0 Å². The fourth-order valence-electron chi connectivity index (χ4n) is 0.676.